The summed E-state index contributed by atoms with van der Waals surface area (Å²) in [4.78, 5) is 24.3. The van der Waals surface area contributed by atoms with Gasteiger partial charge in [-0.2, -0.15) is 0 Å². The van der Waals surface area contributed by atoms with Crippen molar-refractivity contribution >= 4 is 23.3 Å². The van der Waals surface area contributed by atoms with Gasteiger partial charge in [-0.3, -0.25) is 9.59 Å². The summed E-state index contributed by atoms with van der Waals surface area (Å²) in [6.07, 6.45) is 2.51. The summed E-state index contributed by atoms with van der Waals surface area (Å²) in [7, 11) is 0. The summed E-state index contributed by atoms with van der Waals surface area (Å²) in [6.45, 7) is 4.30. The number of carbonyl (C=O) groups is 2. The van der Waals surface area contributed by atoms with Gasteiger partial charge in [-0.15, -0.1) is 0 Å². The highest BCUT2D eigenvalue weighted by atomic mass is 35.5. The maximum Gasteiger partial charge on any atom is 0.218 e. The predicted octanol–water partition coefficient (Wildman–Crippen LogP) is 4.34. The van der Waals surface area contributed by atoms with Crippen LogP contribution >= 0.6 is 11.6 Å². The largest absolute Gasteiger partial charge is 0.493 e. The third-order valence-corrected chi connectivity index (χ3v) is 5.62. The van der Waals surface area contributed by atoms with Gasteiger partial charge in [0.2, 0.25) is 5.91 Å². The normalized spacial score (nSPS) is 15.1. The number of rotatable bonds is 8. The molecular formula is C23H26ClFN2O3. The summed E-state index contributed by atoms with van der Waals surface area (Å²) in [5.74, 6) is -0.923. The van der Waals surface area contributed by atoms with Crippen LogP contribution < -0.4 is 15.8 Å². The first kappa shape index (κ1) is 22.2. The zero-order chi connectivity index (χ0) is 21.8. The fraction of sp³-hybridized carbons (Fsp3) is 0.391. The highest BCUT2D eigenvalue weighted by molar-refractivity contribution is 6.35. The number of ether oxygens (including phenoxy) is 1. The molecule has 7 heteroatoms. The lowest BCUT2D eigenvalue weighted by atomic mass is 9.94. The number of ketones is 1. The Labute approximate surface area is 180 Å². The molecule has 0 saturated heterocycles. The molecular weight excluding hydrogens is 407 g/mol. The first-order valence-corrected chi connectivity index (χ1v) is 10.5. The van der Waals surface area contributed by atoms with E-state index in [-0.39, 0.29) is 23.0 Å². The van der Waals surface area contributed by atoms with E-state index in [0.29, 0.717) is 29.9 Å². The van der Waals surface area contributed by atoms with Gasteiger partial charge in [-0.25, -0.2) is 4.39 Å². The molecule has 1 aliphatic heterocycles. The van der Waals surface area contributed by atoms with Crippen molar-refractivity contribution in [1.29, 1.82) is 0 Å². The summed E-state index contributed by atoms with van der Waals surface area (Å²) in [5, 5.41) is 3.26. The fourth-order valence-electron chi connectivity index (χ4n) is 3.80. The highest BCUT2D eigenvalue weighted by Crippen LogP contribution is 2.32. The van der Waals surface area contributed by atoms with Crippen molar-refractivity contribution in [1.82, 2.24) is 5.32 Å². The number of aryl methyl sites for hydroxylation is 1. The number of nitrogens with two attached hydrogens (primary N) is 1. The number of amides is 1. The number of hydrogen-bond donors (Lipinski definition) is 2. The Kier molecular flexibility index (Phi) is 7.10. The van der Waals surface area contributed by atoms with Gasteiger partial charge in [-0.05, 0) is 43.9 Å². The number of nitrogens with one attached hydrogen (secondary N) is 1. The standard InChI is InChI=1S/C23H26ClFN2O3/c1-3-18(27-13(2)11-20(26)28)16-8-9-17(24)21(22(16)25)23(29)15-7-6-14-5-4-10-30-19(14)12-15/h6-9,12-13,18,27H,3-5,10-11H2,1-2H3,(H2,26,28)/t13-,18+/m0/s1. The molecule has 0 aromatic heterocycles. The van der Waals surface area contributed by atoms with Crippen LogP contribution in [0.3, 0.4) is 0 Å². The van der Waals surface area contributed by atoms with Crippen LogP contribution in [0, 0.1) is 5.82 Å². The van der Waals surface area contributed by atoms with Gasteiger partial charge in [0.15, 0.2) is 5.78 Å². The van der Waals surface area contributed by atoms with Crippen molar-refractivity contribution in [2.45, 2.75) is 51.6 Å². The predicted molar refractivity (Wildman–Crippen MR) is 115 cm³/mol. The molecule has 1 heterocycles. The molecule has 0 saturated carbocycles. The Morgan fingerprint density at radius 1 is 1.30 bits per heavy atom. The molecule has 3 rings (SSSR count). The molecule has 0 unspecified atom stereocenters. The molecule has 1 aliphatic rings. The number of fused-ring (bicyclic) bond motifs is 1. The molecule has 0 bridgehead atoms. The third kappa shape index (κ3) is 4.82. The van der Waals surface area contributed by atoms with Crippen molar-refractivity contribution in [2.75, 3.05) is 6.61 Å². The van der Waals surface area contributed by atoms with E-state index in [4.69, 9.17) is 22.1 Å². The van der Waals surface area contributed by atoms with E-state index >= 15 is 4.39 Å². The number of carbonyl (C=O) groups excluding carboxylic acids is 2. The first-order chi connectivity index (χ1) is 14.3. The summed E-state index contributed by atoms with van der Waals surface area (Å²) < 4.78 is 21.1. The average Bonchev–Trinajstić information content (AvgIpc) is 2.71. The second kappa shape index (κ2) is 9.58. The molecule has 2 atom stereocenters. The molecule has 0 fully saturated rings. The monoisotopic (exact) mass is 432 g/mol. The van der Waals surface area contributed by atoms with E-state index in [2.05, 4.69) is 5.32 Å². The molecule has 0 radical (unpaired) electrons. The van der Waals surface area contributed by atoms with Crippen molar-refractivity contribution < 1.29 is 18.7 Å². The minimum atomic E-state index is -0.656. The molecule has 2 aromatic carbocycles. The van der Waals surface area contributed by atoms with Gasteiger partial charge in [0.05, 0.1) is 17.2 Å². The van der Waals surface area contributed by atoms with E-state index < -0.39 is 23.5 Å². The van der Waals surface area contributed by atoms with Crippen LogP contribution in [0.1, 0.15) is 66.2 Å². The topological polar surface area (TPSA) is 81.4 Å². The maximum absolute atomic E-state index is 15.5. The molecule has 30 heavy (non-hydrogen) atoms. The molecule has 0 aliphatic carbocycles. The van der Waals surface area contributed by atoms with Gasteiger partial charge >= 0.3 is 0 Å². The van der Waals surface area contributed by atoms with Crippen LogP contribution in [0.4, 0.5) is 4.39 Å². The molecule has 160 valence electrons. The number of hydrogen-bond acceptors (Lipinski definition) is 4. The number of primary amides is 1. The summed E-state index contributed by atoms with van der Waals surface area (Å²) in [5.41, 5.74) is 6.79. The van der Waals surface area contributed by atoms with Gasteiger partial charge in [-0.1, -0.05) is 36.7 Å². The first-order valence-electron chi connectivity index (χ1n) is 10.1. The van der Waals surface area contributed by atoms with Crippen LogP contribution in [0.2, 0.25) is 5.02 Å². The van der Waals surface area contributed by atoms with Crippen LogP contribution in [-0.4, -0.2) is 24.3 Å². The molecule has 0 spiro atoms. The minimum absolute atomic E-state index is 0.0555. The number of benzene rings is 2. The lowest BCUT2D eigenvalue weighted by Gasteiger charge is -2.23. The second-order valence-electron chi connectivity index (χ2n) is 7.63. The lowest BCUT2D eigenvalue weighted by molar-refractivity contribution is -0.118. The molecule has 3 N–H and O–H groups in total. The smallest absolute Gasteiger partial charge is 0.218 e. The number of halogens is 2. The van der Waals surface area contributed by atoms with Crippen LogP contribution in [0.25, 0.3) is 0 Å². The Bertz CT molecular complexity index is 964. The quantitative estimate of drug-likeness (QED) is 0.608. The summed E-state index contributed by atoms with van der Waals surface area (Å²) in [6, 6.07) is 7.66. The molecule has 5 nitrogen and oxygen atoms in total. The van der Waals surface area contributed by atoms with Crippen LogP contribution in [0.15, 0.2) is 30.3 Å². The van der Waals surface area contributed by atoms with Crippen molar-refractivity contribution in [2.24, 2.45) is 5.73 Å². The summed E-state index contributed by atoms with van der Waals surface area (Å²) >= 11 is 6.24. The zero-order valence-electron chi connectivity index (χ0n) is 17.1. The lowest BCUT2D eigenvalue weighted by Crippen LogP contribution is -2.34. The van der Waals surface area contributed by atoms with E-state index in [1.807, 2.05) is 13.0 Å². The minimum Gasteiger partial charge on any atom is -0.493 e. The van der Waals surface area contributed by atoms with Crippen molar-refractivity contribution in [3.05, 3.63) is 63.4 Å². The van der Waals surface area contributed by atoms with Gasteiger partial charge < -0.3 is 15.8 Å². The van der Waals surface area contributed by atoms with Crippen molar-refractivity contribution in [3.8, 4) is 5.75 Å². The SMILES string of the molecule is CC[C@@H](N[C@@H](C)CC(N)=O)c1ccc(Cl)c(C(=O)c2ccc3c(c2)OCCC3)c1F. The Balaban J connectivity index is 1.93. The van der Waals surface area contributed by atoms with Gasteiger partial charge in [0, 0.05) is 29.6 Å². The fourth-order valence-corrected chi connectivity index (χ4v) is 4.04. The Hall–Kier alpha value is -2.44. The zero-order valence-corrected chi connectivity index (χ0v) is 17.9. The van der Waals surface area contributed by atoms with Crippen molar-refractivity contribution in [3.63, 3.8) is 0 Å². The Morgan fingerprint density at radius 2 is 2.07 bits per heavy atom. The van der Waals surface area contributed by atoms with E-state index in [0.717, 1.165) is 18.4 Å². The second-order valence-corrected chi connectivity index (χ2v) is 8.04. The van der Waals surface area contributed by atoms with E-state index in [1.165, 1.54) is 6.07 Å². The van der Waals surface area contributed by atoms with E-state index in [9.17, 15) is 9.59 Å². The average molecular weight is 433 g/mol. The van der Waals surface area contributed by atoms with Crippen LogP contribution in [-0.2, 0) is 11.2 Å². The Morgan fingerprint density at radius 3 is 2.77 bits per heavy atom. The van der Waals surface area contributed by atoms with Crippen LogP contribution in [0.5, 0.6) is 5.75 Å². The maximum atomic E-state index is 15.5. The molecule has 1 amide bonds. The van der Waals surface area contributed by atoms with E-state index in [1.54, 1.807) is 25.1 Å². The van der Waals surface area contributed by atoms with Gasteiger partial charge in [0.25, 0.3) is 0 Å². The molecule has 2 aromatic rings. The highest BCUT2D eigenvalue weighted by Gasteiger charge is 2.26. The van der Waals surface area contributed by atoms with Gasteiger partial charge in [0.1, 0.15) is 11.6 Å². The third-order valence-electron chi connectivity index (χ3n) is 5.30.